The molecule has 0 radical (unpaired) electrons. The highest BCUT2D eigenvalue weighted by atomic mass is 16.2. The highest BCUT2D eigenvalue weighted by molar-refractivity contribution is 5.92. The first-order valence-corrected chi connectivity index (χ1v) is 8.64. The van der Waals surface area contributed by atoms with Gasteiger partial charge in [-0.2, -0.15) is 0 Å². The zero-order valence-corrected chi connectivity index (χ0v) is 15.0. The second-order valence-corrected chi connectivity index (χ2v) is 6.68. The van der Waals surface area contributed by atoms with Crippen molar-refractivity contribution < 1.29 is 4.79 Å². The van der Waals surface area contributed by atoms with E-state index >= 15 is 0 Å². The van der Waals surface area contributed by atoms with Crippen LogP contribution in [0.15, 0.2) is 35.1 Å². The second-order valence-electron chi connectivity index (χ2n) is 6.68. The molecule has 132 valence electrons. The highest BCUT2D eigenvalue weighted by Gasteiger charge is 2.29. The number of hydrogen-bond donors (Lipinski definition) is 1. The summed E-state index contributed by atoms with van der Waals surface area (Å²) < 4.78 is 0. The number of amides is 1. The molecule has 0 aliphatic carbocycles. The molecule has 1 aliphatic rings. The molecular weight excluding hydrogens is 316 g/mol. The Balaban J connectivity index is 1.75. The van der Waals surface area contributed by atoms with Crippen molar-refractivity contribution in [1.82, 2.24) is 14.9 Å². The number of H-pyrrole nitrogens is 1. The molecule has 6 heteroatoms. The first kappa shape index (κ1) is 17.2. The lowest BCUT2D eigenvalue weighted by Gasteiger charge is -2.17. The van der Waals surface area contributed by atoms with Crippen molar-refractivity contribution >= 4 is 11.9 Å². The normalized spacial score (nSPS) is 16.9. The number of anilines is 1. The molecule has 1 aromatic carbocycles. The van der Waals surface area contributed by atoms with Gasteiger partial charge >= 0.3 is 0 Å². The third-order valence-corrected chi connectivity index (χ3v) is 4.71. The van der Waals surface area contributed by atoms with Gasteiger partial charge < -0.3 is 9.80 Å². The molecule has 1 N–H and O–H groups in total. The lowest BCUT2D eigenvalue weighted by Crippen LogP contribution is -2.31. The maximum Gasteiger partial charge on any atom is 0.272 e. The Hall–Kier alpha value is -2.63. The number of hydrogen-bond acceptors (Lipinski definition) is 4. The summed E-state index contributed by atoms with van der Waals surface area (Å²) in [4.78, 5) is 34.9. The maximum atomic E-state index is 12.7. The molecule has 0 spiro atoms. The molecule has 0 bridgehead atoms. The van der Waals surface area contributed by atoms with E-state index in [9.17, 15) is 9.59 Å². The molecule has 1 fully saturated rings. The lowest BCUT2D eigenvalue weighted by molar-refractivity contribution is 0.0784. The van der Waals surface area contributed by atoms with Gasteiger partial charge in [0.25, 0.3) is 11.5 Å². The topological polar surface area (TPSA) is 69.3 Å². The minimum absolute atomic E-state index is 0.179. The van der Waals surface area contributed by atoms with Gasteiger partial charge in [0.2, 0.25) is 5.95 Å². The van der Waals surface area contributed by atoms with E-state index in [1.807, 2.05) is 0 Å². The monoisotopic (exact) mass is 340 g/mol. The van der Waals surface area contributed by atoms with Crippen molar-refractivity contribution in [2.45, 2.75) is 25.7 Å². The van der Waals surface area contributed by atoms with E-state index in [0.717, 1.165) is 12.8 Å². The summed E-state index contributed by atoms with van der Waals surface area (Å²) in [7, 11) is 3.55. The molecule has 1 aliphatic heterocycles. The zero-order chi connectivity index (χ0) is 18.0. The Morgan fingerprint density at radius 1 is 1.32 bits per heavy atom. The van der Waals surface area contributed by atoms with E-state index in [-0.39, 0.29) is 17.2 Å². The molecule has 1 atom stereocenters. The van der Waals surface area contributed by atoms with Crippen molar-refractivity contribution in [2.75, 3.05) is 32.1 Å². The Morgan fingerprint density at radius 2 is 2.04 bits per heavy atom. The molecule has 1 aromatic heterocycles. The fourth-order valence-electron chi connectivity index (χ4n) is 3.17. The number of benzene rings is 1. The molecule has 25 heavy (non-hydrogen) atoms. The molecule has 1 unspecified atom stereocenters. The average molecular weight is 340 g/mol. The van der Waals surface area contributed by atoms with Gasteiger partial charge in [-0.1, -0.05) is 31.2 Å². The number of carbonyl (C=O) groups is 1. The summed E-state index contributed by atoms with van der Waals surface area (Å²) >= 11 is 0. The smallest absolute Gasteiger partial charge is 0.272 e. The highest BCUT2D eigenvalue weighted by Crippen LogP contribution is 2.28. The average Bonchev–Trinajstić information content (AvgIpc) is 3.10. The van der Waals surface area contributed by atoms with Crippen LogP contribution >= 0.6 is 0 Å². The minimum atomic E-state index is -0.312. The first-order chi connectivity index (χ1) is 12.0. The van der Waals surface area contributed by atoms with Crippen LogP contribution in [0.5, 0.6) is 0 Å². The van der Waals surface area contributed by atoms with Gasteiger partial charge in [-0.3, -0.25) is 14.6 Å². The quantitative estimate of drug-likeness (QED) is 0.925. The summed E-state index contributed by atoms with van der Waals surface area (Å²) in [6.45, 7) is 3.49. The van der Waals surface area contributed by atoms with Crippen LogP contribution in [0.1, 0.15) is 40.9 Å². The van der Waals surface area contributed by atoms with Crippen molar-refractivity contribution in [3.63, 3.8) is 0 Å². The van der Waals surface area contributed by atoms with Gasteiger partial charge in [-0.15, -0.1) is 0 Å². The van der Waals surface area contributed by atoms with Crippen LogP contribution in [-0.2, 0) is 6.42 Å². The van der Waals surface area contributed by atoms with Crippen LogP contribution in [0.3, 0.4) is 0 Å². The molecule has 6 nitrogen and oxygen atoms in total. The van der Waals surface area contributed by atoms with Crippen LogP contribution < -0.4 is 10.5 Å². The van der Waals surface area contributed by atoms with Crippen molar-refractivity contribution in [3.05, 3.63) is 57.5 Å². The van der Waals surface area contributed by atoms with Crippen LogP contribution in [0, 0.1) is 0 Å². The maximum absolute atomic E-state index is 12.7. The van der Waals surface area contributed by atoms with Gasteiger partial charge in [0.15, 0.2) is 0 Å². The van der Waals surface area contributed by atoms with E-state index in [0.29, 0.717) is 25.0 Å². The summed E-state index contributed by atoms with van der Waals surface area (Å²) in [5.41, 5.74) is 2.47. The fourth-order valence-corrected chi connectivity index (χ4v) is 3.17. The second kappa shape index (κ2) is 7.09. The molecule has 2 heterocycles. The molecule has 1 amide bonds. The predicted octanol–water partition coefficient (Wildman–Crippen LogP) is 2.03. The summed E-state index contributed by atoms with van der Waals surface area (Å²) in [5.74, 6) is 0.550. The molecule has 1 saturated heterocycles. The number of aryl methyl sites for hydroxylation is 1. The third kappa shape index (κ3) is 3.73. The van der Waals surface area contributed by atoms with Gasteiger partial charge in [-0.05, 0) is 24.0 Å². The van der Waals surface area contributed by atoms with Gasteiger partial charge in [0, 0.05) is 39.2 Å². The Bertz CT molecular complexity index is 811. The van der Waals surface area contributed by atoms with Crippen molar-refractivity contribution in [3.8, 4) is 0 Å². The lowest BCUT2D eigenvalue weighted by atomic mass is 9.97. The van der Waals surface area contributed by atoms with Gasteiger partial charge in [0.05, 0.1) is 0 Å². The fraction of sp³-hybridized carbons (Fsp3) is 0.421. The van der Waals surface area contributed by atoms with Crippen LogP contribution in [0.4, 0.5) is 5.95 Å². The predicted molar refractivity (Wildman–Crippen MR) is 98.3 cm³/mol. The summed E-state index contributed by atoms with van der Waals surface area (Å²) in [5, 5.41) is 0. The number of likely N-dealkylation sites (tertiary alicyclic amines) is 1. The van der Waals surface area contributed by atoms with E-state index in [2.05, 4.69) is 41.2 Å². The van der Waals surface area contributed by atoms with Crippen molar-refractivity contribution in [1.29, 1.82) is 0 Å². The van der Waals surface area contributed by atoms with Gasteiger partial charge in [0.1, 0.15) is 5.69 Å². The van der Waals surface area contributed by atoms with E-state index in [1.165, 1.54) is 17.2 Å². The Kier molecular flexibility index (Phi) is 4.88. The molecule has 3 rings (SSSR count). The third-order valence-electron chi connectivity index (χ3n) is 4.71. The molecular formula is C19H24N4O2. The summed E-state index contributed by atoms with van der Waals surface area (Å²) in [6, 6.07) is 9.90. The van der Waals surface area contributed by atoms with Crippen LogP contribution in [-0.4, -0.2) is 48.0 Å². The number of nitrogens with zero attached hydrogens (tertiary/aromatic N) is 3. The minimum Gasteiger partial charge on any atom is -0.348 e. The van der Waals surface area contributed by atoms with Crippen molar-refractivity contribution in [2.24, 2.45) is 0 Å². The SMILES string of the molecule is CCc1ccc(C2CCN(C(=O)c3cc(=O)[nH]c(N(C)C)n3)C2)cc1. The first-order valence-electron chi connectivity index (χ1n) is 8.64. The molecule has 0 saturated carbocycles. The Morgan fingerprint density at radius 3 is 2.68 bits per heavy atom. The molecule has 2 aromatic rings. The largest absolute Gasteiger partial charge is 0.348 e. The van der Waals surface area contributed by atoms with Gasteiger partial charge in [-0.25, -0.2) is 4.98 Å². The van der Waals surface area contributed by atoms with Crippen LogP contribution in [0.2, 0.25) is 0 Å². The number of carbonyl (C=O) groups excluding carboxylic acids is 1. The standard InChI is InChI=1S/C19H24N4O2/c1-4-13-5-7-14(8-6-13)15-9-10-23(12-15)18(25)16-11-17(24)21-19(20-16)22(2)3/h5-8,11,15H,4,9-10,12H2,1-3H3,(H,20,21,24). The number of nitrogens with one attached hydrogen (secondary N) is 1. The zero-order valence-electron chi connectivity index (χ0n) is 15.0. The van der Waals surface area contributed by atoms with E-state index in [4.69, 9.17) is 0 Å². The van der Waals surface area contributed by atoms with Crippen LogP contribution in [0.25, 0.3) is 0 Å². The Labute approximate surface area is 147 Å². The summed E-state index contributed by atoms with van der Waals surface area (Å²) in [6.07, 6.45) is 1.96. The number of aromatic amines is 1. The van der Waals surface area contributed by atoms with E-state index in [1.54, 1.807) is 23.9 Å². The van der Waals surface area contributed by atoms with E-state index < -0.39 is 0 Å². The number of aromatic nitrogens is 2. The number of rotatable bonds is 4.